The first-order valence-corrected chi connectivity index (χ1v) is 6.63. The van der Waals surface area contributed by atoms with E-state index in [-0.39, 0.29) is 18.6 Å². The van der Waals surface area contributed by atoms with Gasteiger partial charge in [-0.15, -0.1) is 0 Å². The zero-order valence-corrected chi connectivity index (χ0v) is 11.4. The maximum Gasteiger partial charge on any atom is 0.268 e. The van der Waals surface area contributed by atoms with Gasteiger partial charge in [-0.3, -0.25) is 4.79 Å². The summed E-state index contributed by atoms with van der Waals surface area (Å²) in [7, 11) is 1.89. The highest BCUT2D eigenvalue weighted by molar-refractivity contribution is 5.98. The lowest BCUT2D eigenvalue weighted by Gasteiger charge is -2.15. The molecule has 1 heterocycles. The van der Waals surface area contributed by atoms with Gasteiger partial charge in [0.25, 0.3) is 5.91 Å². The number of nitrogens with zero attached hydrogens (tertiary/aromatic N) is 1. The number of para-hydroxylation sites is 1. The molecule has 1 amide bonds. The Balaban J connectivity index is 2.24. The van der Waals surface area contributed by atoms with Gasteiger partial charge in [-0.2, -0.15) is 0 Å². The Hall–Kier alpha value is -1.81. The molecule has 0 aliphatic carbocycles. The molecular formula is C15H20N2O2. The third kappa shape index (κ3) is 2.79. The normalized spacial score (nSPS) is 12.6. The predicted octanol–water partition coefficient (Wildman–Crippen LogP) is 2.07. The van der Waals surface area contributed by atoms with Crippen molar-refractivity contribution in [3.8, 4) is 0 Å². The fraction of sp³-hybridized carbons (Fsp3) is 0.400. The summed E-state index contributed by atoms with van der Waals surface area (Å²) in [5, 5.41) is 13.0. The second-order valence-corrected chi connectivity index (χ2v) is 4.74. The zero-order valence-electron chi connectivity index (χ0n) is 11.4. The number of amides is 1. The number of nitrogens with one attached hydrogen (secondary N) is 1. The molecule has 2 rings (SSSR count). The number of benzene rings is 1. The van der Waals surface area contributed by atoms with Crippen molar-refractivity contribution >= 4 is 16.8 Å². The topological polar surface area (TPSA) is 54.3 Å². The highest BCUT2D eigenvalue weighted by Gasteiger charge is 2.16. The van der Waals surface area contributed by atoms with Crippen molar-refractivity contribution in [2.24, 2.45) is 7.05 Å². The van der Waals surface area contributed by atoms with Crippen molar-refractivity contribution < 1.29 is 9.90 Å². The summed E-state index contributed by atoms with van der Waals surface area (Å²) < 4.78 is 1.90. The lowest BCUT2D eigenvalue weighted by atomic mass is 10.1. The first kappa shape index (κ1) is 13.6. The van der Waals surface area contributed by atoms with Gasteiger partial charge in [0.05, 0.1) is 0 Å². The van der Waals surface area contributed by atoms with Crippen molar-refractivity contribution in [3.05, 3.63) is 36.0 Å². The molecule has 1 aromatic heterocycles. The molecule has 0 saturated carbocycles. The summed E-state index contributed by atoms with van der Waals surface area (Å²) in [5.74, 6) is -0.0843. The molecule has 0 fully saturated rings. The van der Waals surface area contributed by atoms with Crippen molar-refractivity contribution in [1.82, 2.24) is 9.88 Å². The van der Waals surface area contributed by atoms with Gasteiger partial charge < -0.3 is 15.0 Å². The van der Waals surface area contributed by atoms with Crippen LogP contribution in [-0.4, -0.2) is 28.2 Å². The Bertz CT molecular complexity index is 575. The van der Waals surface area contributed by atoms with Crippen LogP contribution < -0.4 is 5.32 Å². The van der Waals surface area contributed by atoms with Crippen molar-refractivity contribution in [2.75, 3.05) is 6.61 Å². The summed E-state index contributed by atoms with van der Waals surface area (Å²) in [6.07, 6.45) is 1.41. The molecule has 2 N–H and O–H groups in total. The van der Waals surface area contributed by atoms with Crippen LogP contribution in [0.25, 0.3) is 10.9 Å². The molecule has 1 atom stereocenters. The summed E-state index contributed by atoms with van der Waals surface area (Å²) in [5.41, 5.74) is 1.69. The van der Waals surface area contributed by atoms with E-state index >= 15 is 0 Å². The molecule has 1 aromatic carbocycles. The van der Waals surface area contributed by atoms with Crippen LogP contribution in [0.15, 0.2) is 30.3 Å². The van der Waals surface area contributed by atoms with Gasteiger partial charge in [0.15, 0.2) is 0 Å². The lowest BCUT2D eigenvalue weighted by molar-refractivity contribution is 0.0921. The lowest BCUT2D eigenvalue weighted by Crippen LogP contribution is -2.35. The number of carbonyl (C=O) groups excluding carboxylic acids is 1. The van der Waals surface area contributed by atoms with Gasteiger partial charge in [-0.05, 0) is 25.0 Å². The average Bonchev–Trinajstić information content (AvgIpc) is 2.76. The van der Waals surface area contributed by atoms with Crippen molar-refractivity contribution in [1.29, 1.82) is 0 Å². The number of aliphatic hydroxyl groups is 1. The molecule has 1 unspecified atom stereocenters. The van der Waals surface area contributed by atoms with E-state index in [4.69, 9.17) is 5.11 Å². The minimum absolute atomic E-state index is 0.0236. The molecule has 2 aromatic rings. The number of fused-ring (bicyclic) bond motifs is 1. The number of carbonyl (C=O) groups is 1. The molecule has 0 saturated heterocycles. The van der Waals surface area contributed by atoms with Crippen LogP contribution in [-0.2, 0) is 7.05 Å². The highest BCUT2D eigenvalue weighted by Crippen LogP contribution is 2.18. The molecule has 19 heavy (non-hydrogen) atoms. The monoisotopic (exact) mass is 260 g/mol. The van der Waals surface area contributed by atoms with Crippen LogP contribution in [0.4, 0.5) is 0 Å². The van der Waals surface area contributed by atoms with Crippen molar-refractivity contribution in [2.45, 2.75) is 25.8 Å². The van der Waals surface area contributed by atoms with E-state index in [0.717, 1.165) is 17.3 Å². The van der Waals surface area contributed by atoms with E-state index in [2.05, 4.69) is 5.32 Å². The number of aryl methyl sites for hydroxylation is 1. The molecule has 0 aliphatic rings. The Morgan fingerprint density at radius 2 is 2.16 bits per heavy atom. The van der Waals surface area contributed by atoms with Crippen LogP contribution in [0.2, 0.25) is 0 Å². The third-order valence-electron chi connectivity index (χ3n) is 3.49. The fourth-order valence-corrected chi connectivity index (χ4v) is 2.30. The molecular weight excluding hydrogens is 240 g/mol. The first-order valence-electron chi connectivity index (χ1n) is 6.63. The maximum atomic E-state index is 12.3. The first-order chi connectivity index (χ1) is 9.17. The smallest absolute Gasteiger partial charge is 0.268 e. The minimum Gasteiger partial charge on any atom is -0.396 e. The van der Waals surface area contributed by atoms with Crippen molar-refractivity contribution in [3.63, 3.8) is 0 Å². The molecule has 4 heteroatoms. The van der Waals surface area contributed by atoms with Gasteiger partial charge in [0.1, 0.15) is 5.69 Å². The Morgan fingerprint density at radius 3 is 2.79 bits per heavy atom. The van der Waals surface area contributed by atoms with E-state index in [1.165, 1.54) is 0 Å². The van der Waals surface area contributed by atoms with Gasteiger partial charge in [0.2, 0.25) is 0 Å². The largest absolute Gasteiger partial charge is 0.396 e. The van der Waals surface area contributed by atoms with Gasteiger partial charge in [0, 0.05) is 30.6 Å². The Morgan fingerprint density at radius 1 is 1.42 bits per heavy atom. The Labute approximate surface area is 113 Å². The fourth-order valence-electron chi connectivity index (χ4n) is 2.30. The maximum absolute atomic E-state index is 12.3. The third-order valence-corrected chi connectivity index (χ3v) is 3.49. The number of hydrogen-bond acceptors (Lipinski definition) is 2. The standard InChI is InChI=1S/C15H20N2O2/c1-3-12(8-9-18)16-15(19)14-10-11-6-4-5-7-13(11)17(14)2/h4-7,10,12,18H,3,8-9H2,1-2H3,(H,16,19). The van der Waals surface area contributed by atoms with E-state index in [1.54, 1.807) is 0 Å². The van der Waals surface area contributed by atoms with Gasteiger partial charge in [-0.1, -0.05) is 25.1 Å². The SMILES string of the molecule is CCC(CCO)NC(=O)c1cc2ccccc2n1C. The number of hydrogen-bond donors (Lipinski definition) is 2. The number of aromatic nitrogens is 1. The summed E-state index contributed by atoms with van der Waals surface area (Å²) in [6, 6.07) is 9.84. The molecule has 0 aliphatic heterocycles. The molecule has 4 nitrogen and oxygen atoms in total. The molecule has 0 radical (unpaired) electrons. The molecule has 0 spiro atoms. The van der Waals surface area contributed by atoms with Crippen LogP contribution >= 0.6 is 0 Å². The summed E-state index contributed by atoms with van der Waals surface area (Å²) >= 11 is 0. The number of aliphatic hydroxyl groups excluding tert-OH is 1. The second kappa shape index (κ2) is 5.89. The van der Waals surface area contributed by atoms with E-state index < -0.39 is 0 Å². The summed E-state index contributed by atoms with van der Waals surface area (Å²) in [4.78, 5) is 12.3. The molecule has 0 bridgehead atoms. The van der Waals surface area contributed by atoms with Crippen LogP contribution in [0.3, 0.4) is 0 Å². The van der Waals surface area contributed by atoms with Crippen LogP contribution in [0.1, 0.15) is 30.3 Å². The quantitative estimate of drug-likeness (QED) is 0.864. The zero-order chi connectivity index (χ0) is 13.8. The molecule has 102 valence electrons. The van der Waals surface area contributed by atoms with Crippen LogP contribution in [0, 0.1) is 0 Å². The van der Waals surface area contributed by atoms with E-state index in [0.29, 0.717) is 12.1 Å². The van der Waals surface area contributed by atoms with Gasteiger partial charge in [-0.25, -0.2) is 0 Å². The summed E-state index contributed by atoms with van der Waals surface area (Å²) in [6.45, 7) is 2.09. The Kier molecular flexibility index (Phi) is 4.22. The average molecular weight is 260 g/mol. The number of rotatable bonds is 5. The van der Waals surface area contributed by atoms with Gasteiger partial charge >= 0.3 is 0 Å². The minimum atomic E-state index is -0.0843. The van der Waals surface area contributed by atoms with E-state index in [9.17, 15) is 4.79 Å². The van der Waals surface area contributed by atoms with E-state index in [1.807, 2.05) is 48.9 Å². The second-order valence-electron chi connectivity index (χ2n) is 4.74. The highest BCUT2D eigenvalue weighted by atomic mass is 16.3. The van der Waals surface area contributed by atoms with Crippen LogP contribution in [0.5, 0.6) is 0 Å². The predicted molar refractivity (Wildman–Crippen MR) is 76.2 cm³/mol.